The van der Waals surface area contributed by atoms with Crippen LogP contribution in [-0.2, 0) is 14.3 Å². The first kappa shape index (κ1) is 25.1. The first-order valence-corrected chi connectivity index (χ1v) is 10.8. The number of esters is 2. The number of rotatable bonds is 7. The third-order valence-electron chi connectivity index (χ3n) is 5.15. The number of urea groups is 1. The van der Waals surface area contributed by atoms with Crippen LogP contribution >= 0.6 is 0 Å². The number of amides is 3. The van der Waals surface area contributed by atoms with Crippen molar-refractivity contribution in [2.45, 2.75) is 6.92 Å². The Bertz CT molecular complexity index is 1110. The van der Waals surface area contributed by atoms with E-state index in [0.29, 0.717) is 18.8 Å². The molecule has 0 spiro atoms. The number of nitro benzene ring substituents is 1. The Morgan fingerprint density at radius 3 is 2.06 bits per heavy atom. The Morgan fingerprint density at radius 2 is 1.49 bits per heavy atom. The van der Waals surface area contributed by atoms with Crippen molar-refractivity contribution >= 4 is 35.3 Å². The highest BCUT2D eigenvalue weighted by molar-refractivity contribution is 5.97. The minimum atomic E-state index is -0.992. The molecule has 3 rings (SSSR count). The SMILES string of the molecule is CCOC(=O)c1cc(C(=O)OCC(=O)N2CCN(C(=O)Nc3ccccc3)CC2)cc([N+](=O)[O-])c1. The van der Waals surface area contributed by atoms with Gasteiger partial charge in [0.15, 0.2) is 6.61 Å². The summed E-state index contributed by atoms with van der Waals surface area (Å²) in [5, 5.41) is 13.9. The van der Waals surface area contributed by atoms with Crippen molar-refractivity contribution in [3.8, 4) is 0 Å². The summed E-state index contributed by atoms with van der Waals surface area (Å²) in [6, 6.07) is 11.8. The molecule has 1 heterocycles. The van der Waals surface area contributed by atoms with Gasteiger partial charge in [0, 0.05) is 44.0 Å². The number of carbonyl (C=O) groups excluding carboxylic acids is 4. The lowest BCUT2D eigenvalue weighted by Crippen LogP contribution is -2.52. The van der Waals surface area contributed by atoms with Gasteiger partial charge in [-0.05, 0) is 25.1 Å². The zero-order chi connectivity index (χ0) is 25.4. The summed E-state index contributed by atoms with van der Waals surface area (Å²) >= 11 is 0. The van der Waals surface area contributed by atoms with E-state index < -0.39 is 35.1 Å². The molecule has 3 amide bonds. The Hall–Kier alpha value is -4.48. The molecule has 12 nitrogen and oxygen atoms in total. The number of non-ortho nitro benzene ring substituents is 1. The normalized spacial score (nSPS) is 13.1. The molecule has 0 bridgehead atoms. The summed E-state index contributed by atoms with van der Waals surface area (Å²) in [5.41, 5.74) is -0.254. The van der Waals surface area contributed by atoms with Crippen LogP contribution in [0, 0.1) is 10.1 Å². The third-order valence-corrected chi connectivity index (χ3v) is 5.15. The number of nitrogens with one attached hydrogen (secondary N) is 1. The first-order valence-electron chi connectivity index (χ1n) is 10.8. The number of nitrogens with zero attached hydrogens (tertiary/aromatic N) is 3. The Balaban J connectivity index is 1.53. The Morgan fingerprint density at radius 1 is 0.914 bits per heavy atom. The maximum Gasteiger partial charge on any atom is 0.338 e. The summed E-state index contributed by atoms with van der Waals surface area (Å²) in [7, 11) is 0. The average Bonchev–Trinajstić information content (AvgIpc) is 2.87. The van der Waals surface area contributed by atoms with E-state index in [0.717, 1.165) is 18.2 Å². The highest BCUT2D eigenvalue weighted by Crippen LogP contribution is 2.19. The van der Waals surface area contributed by atoms with Gasteiger partial charge in [-0.2, -0.15) is 0 Å². The lowest BCUT2D eigenvalue weighted by molar-refractivity contribution is -0.384. The fourth-order valence-corrected chi connectivity index (χ4v) is 3.35. The van der Waals surface area contributed by atoms with Crippen LogP contribution in [0.4, 0.5) is 16.2 Å². The number of nitro groups is 1. The van der Waals surface area contributed by atoms with E-state index in [1.165, 1.54) is 4.90 Å². The Labute approximate surface area is 200 Å². The van der Waals surface area contributed by atoms with Gasteiger partial charge >= 0.3 is 18.0 Å². The monoisotopic (exact) mass is 484 g/mol. The highest BCUT2D eigenvalue weighted by Gasteiger charge is 2.26. The molecular weight excluding hydrogens is 460 g/mol. The molecule has 0 aliphatic carbocycles. The van der Waals surface area contributed by atoms with Gasteiger partial charge in [0.25, 0.3) is 11.6 Å². The van der Waals surface area contributed by atoms with Crippen LogP contribution in [0.5, 0.6) is 0 Å². The van der Waals surface area contributed by atoms with Crippen LogP contribution in [0.15, 0.2) is 48.5 Å². The van der Waals surface area contributed by atoms with Gasteiger partial charge in [0.1, 0.15) is 0 Å². The van der Waals surface area contributed by atoms with Crippen LogP contribution in [0.1, 0.15) is 27.6 Å². The molecule has 1 aliphatic heterocycles. The van der Waals surface area contributed by atoms with Crippen molar-refractivity contribution in [1.29, 1.82) is 0 Å². The molecule has 1 aliphatic rings. The molecule has 0 aromatic heterocycles. The van der Waals surface area contributed by atoms with E-state index in [2.05, 4.69) is 5.32 Å². The average molecular weight is 484 g/mol. The number of hydrogen-bond donors (Lipinski definition) is 1. The zero-order valence-electron chi connectivity index (χ0n) is 19.0. The summed E-state index contributed by atoms with van der Waals surface area (Å²) in [4.78, 5) is 62.7. The molecule has 35 heavy (non-hydrogen) atoms. The van der Waals surface area contributed by atoms with Gasteiger partial charge in [0.05, 0.1) is 22.7 Å². The molecule has 0 atom stereocenters. The zero-order valence-corrected chi connectivity index (χ0v) is 19.0. The van der Waals surface area contributed by atoms with Gasteiger partial charge in [-0.1, -0.05) is 18.2 Å². The molecule has 0 saturated carbocycles. The van der Waals surface area contributed by atoms with E-state index in [-0.39, 0.29) is 36.9 Å². The summed E-state index contributed by atoms with van der Waals surface area (Å²) in [6.07, 6.45) is 0. The van der Waals surface area contributed by atoms with Gasteiger partial charge in [0.2, 0.25) is 0 Å². The maximum atomic E-state index is 12.5. The second-order valence-electron chi connectivity index (χ2n) is 7.49. The molecule has 1 N–H and O–H groups in total. The Kier molecular flexibility index (Phi) is 8.33. The molecule has 2 aromatic rings. The molecule has 12 heteroatoms. The quantitative estimate of drug-likeness (QED) is 0.358. The van der Waals surface area contributed by atoms with Crippen molar-refractivity contribution in [3.05, 3.63) is 69.8 Å². The van der Waals surface area contributed by atoms with Gasteiger partial charge < -0.3 is 24.6 Å². The van der Waals surface area contributed by atoms with E-state index >= 15 is 0 Å². The number of piperazine rings is 1. The predicted molar refractivity (Wildman–Crippen MR) is 123 cm³/mol. The number of hydrogen-bond acceptors (Lipinski definition) is 8. The lowest BCUT2D eigenvalue weighted by Gasteiger charge is -2.34. The van der Waals surface area contributed by atoms with Crippen molar-refractivity contribution in [3.63, 3.8) is 0 Å². The topological polar surface area (TPSA) is 148 Å². The highest BCUT2D eigenvalue weighted by atomic mass is 16.6. The van der Waals surface area contributed by atoms with Crippen LogP contribution in [-0.4, -0.2) is 78.0 Å². The smallest absolute Gasteiger partial charge is 0.338 e. The number of para-hydroxylation sites is 1. The van der Waals surface area contributed by atoms with Crippen LogP contribution in [0.3, 0.4) is 0 Å². The number of ether oxygens (including phenoxy) is 2. The minimum Gasteiger partial charge on any atom is -0.462 e. The fraction of sp³-hybridized carbons (Fsp3) is 0.304. The first-order chi connectivity index (χ1) is 16.8. The predicted octanol–water partition coefficient (Wildman–Crippen LogP) is 2.30. The standard InChI is InChI=1S/C23H24N4O8/c1-2-34-21(29)16-12-17(14-19(13-16)27(32)33)22(30)35-15-20(28)25-8-10-26(11-9-25)23(31)24-18-6-4-3-5-7-18/h3-7,12-14H,2,8-11,15H2,1H3,(H,24,31). The van der Waals surface area contributed by atoms with Crippen LogP contribution in [0.2, 0.25) is 0 Å². The van der Waals surface area contributed by atoms with Crippen molar-refractivity contribution in [2.75, 3.05) is 44.7 Å². The van der Waals surface area contributed by atoms with E-state index in [1.807, 2.05) is 6.07 Å². The molecular formula is C23H24N4O8. The van der Waals surface area contributed by atoms with Crippen molar-refractivity contribution in [1.82, 2.24) is 9.80 Å². The van der Waals surface area contributed by atoms with Crippen molar-refractivity contribution in [2.24, 2.45) is 0 Å². The largest absolute Gasteiger partial charge is 0.462 e. The van der Waals surface area contributed by atoms with E-state index in [4.69, 9.17) is 9.47 Å². The molecule has 0 radical (unpaired) electrons. The minimum absolute atomic E-state index is 0.0526. The molecule has 1 fully saturated rings. The number of anilines is 1. The van der Waals surface area contributed by atoms with Crippen LogP contribution in [0.25, 0.3) is 0 Å². The maximum absolute atomic E-state index is 12.5. The summed E-state index contributed by atoms with van der Waals surface area (Å²) in [6.45, 7) is 2.14. The molecule has 2 aromatic carbocycles. The number of carbonyl (C=O) groups is 4. The fourth-order valence-electron chi connectivity index (χ4n) is 3.35. The second kappa shape index (κ2) is 11.6. The van der Waals surface area contributed by atoms with Crippen molar-refractivity contribution < 1.29 is 33.6 Å². The van der Waals surface area contributed by atoms with E-state index in [1.54, 1.807) is 36.1 Å². The van der Waals surface area contributed by atoms with E-state index in [9.17, 15) is 29.3 Å². The second-order valence-corrected chi connectivity index (χ2v) is 7.49. The van der Waals surface area contributed by atoms with Crippen LogP contribution < -0.4 is 5.32 Å². The van der Waals surface area contributed by atoms with Gasteiger partial charge in [-0.25, -0.2) is 14.4 Å². The third kappa shape index (κ3) is 6.76. The van der Waals surface area contributed by atoms with Gasteiger partial charge in [-0.15, -0.1) is 0 Å². The molecule has 0 unspecified atom stereocenters. The lowest BCUT2D eigenvalue weighted by atomic mass is 10.1. The number of benzene rings is 2. The summed E-state index contributed by atoms with van der Waals surface area (Å²) < 4.78 is 9.85. The molecule has 184 valence electrons. The summed E-state index contributed by atoms with van der Waals surface area (Å²) in [5.74, 6) is -2.29. The molecule has 1 saturated heterocycles. The van der Waals surface area contributed by atoms with Gasteiger partial charge in [-0.3, -0.25) is 14.9 Å².